The Labute approximate surface area is 128 Å². The highest BCUT2D eigenvalue weighted by molar-refractivity contribution is 6.31. The number of anilines is 1. The van der Waals surface area contributed by atoms with E-state index >= 15 is 0 Å². The molecule has 0 aliphatic heterocycles. The molecule has 1 amide bonds. The predicted molar refractivity (Wildman–Crippen MR) is 84.7 cm³/mol. The summed E-state index contributed by atoms with van der Waals surface area (Å²) in [4.78, 5) is 12.2. The smallest absolute Gasteiger partial charge is 0.251 e. The van der Waals surface area contributed by atoms with Crippen LogP contribution in [0.15, 0.2) is 42.5 Å². The summed E-state index contributed by atoms with van der Waals surface area (Å²) in [5.41, 5.74) is 7.59. The number of benzene rings is 2. The number of hydrogen-bond donors (Lipinski definition) is 2. The van der Waals surface area contributed by atoms with Gasteiger partial charge in [0.2, 0.25) is 0 Å². The van der Waals surface area contributed by atoms with Gasteiger partial charge in [0, 0.05) is 16.3 Å². The molecule has 21 heavy (non-hydrogen) atoms. The van der Waals surface area contributed by atoms with Gasteiger partial charge in [0.05, 0.1) is 13.2 Å². The van der Waals surface area contributed by atoms with Gasteiger partial charge in [0.15, 0.2) is 0 Å². The van der Waals surface area contributed by atoms with Gasteiger partial charge in [0.25, 0.3) is 5.91 Å². The van der Waals surface area contributed by atoms with Gasteiger partial charge in [-0.2, -0.15) is 0 Å². The minimum absolute atomic E-state index is 0.136. The van der Waals surface area contributed by atoms with Crippen molar-refractivity contribution in [2.45, 2.75) is 13.0 Å². The first kappa shape index (κ1) is 15.2. The zero-order chi connectivity index (χ0) is 15.4. The Morgan fingerprint density at radius 1 is 1.24 bits per heavy atom. The molecular formula is C16H17ClN2O2. The standard InChI is InChI=1S/C16H17ClN2O2/c1-10(11-3-5-15(21-2)6-4-11)19-16(20)12-7-13(17)9-14(18)8-12/h3-10H,18H2,1-2H3,(H,19,20). The topological polar surface area (TPSA) is 64.3 Å². The summed E-state index contributed by atoms with van der Waals surface area (Å²) in [6.45, 7) is 1.91. The third-order valence-electron chi connectivity index (χ3n) is 3.15. The highest BCUT2D eigenvalue weighted by Crippen LogP contribution is 2.20. The Hall–Kier alpha value is -2.20. The van der Waals surface area contributed by atoms with E-state index in [-0.39, 0.29) is 11.9 Å². The highest BCUT2D eigenvalue weighted by atomic mass is 35.5. The molecule has 5 heteroatoms. The summed E-state index contributed by atoms with van der Waals surface area (Å²) in [6, 6.07) is 12.2. The van der Waals surface area contributed by atoms with Gasteiger partial charge < -0.3 is 15.8 Å². The number of rotatable bonds is 4. The van der Waals surface area contributed by atoms with E-state index in [4.69, 9.17) is 22.1 Å². The Bertz CT molecular complexity index is 621. The van der Waals surface area contributed by atoms with E-state index in [1.165, 1.54) is 0 Å². The van der Waals surface area contributed by atoms with Gasteiger partial charge >= 0.3 is 0 Å². The first-order valence-electron chi connectivity index (χ1n) is 6.50. The van der Waals surface area contributed by atoms with Gasteiger partial charge in [-0.25, -0.2) is 0 Å². The Balaban J connectivity index is 2.10. The number of ether oxygens (including phenoxy) is 1. The van der Waals surface area contributed by atoms with Crippen LogP contribution >= 0.6 is 11.6 Å². The molecule has 0 aromatic heterocycles. The van der Waals surface area contributed by atoms with E-state index in [1.807, 2.05) is 31.2 Å². The van der Waals surface area contributed by atoms with E-state index in [1.54, 1.807) is 25.3 Å². The molecular weight excluding hydrogens is 288 g/mol. The number of methoxy groups -OCH3 is 1. The monoisotopic (exact) mass is 304 g/mol. The van der Waals surface area contributed by atoms with E-state index in [2.05, 4.69) is 5.32 Å². The number of nitrogen functional groups attached to an aromatic ring is 1. The summed E-state index contributed by atoms with van der Waals surface area (Å²) in [5.74, 6) is 0.562. The lowest BCUT2D eigenvalue weighted by molar-refractivity contribution is 0.0940. The van der Waals surface area contributed by atoms with Crippen LogP contribution in [0.3, 0.4) is 0 Å². The van der Waals surface area contributed by atoms with E-state index in [0.717, 1.165) is 11.3 Å². The largest absolute Gasteiger partial charge is 0.497 e. The summed E-state index contributed by atoms with van der Waals surface area (Å²) in [7, 11) is 1.61. The van der Waals surface area contributed by atoms with Crippen molar-refractivity contribution in [3.05, 3.63) is 58.6 Å². The van der Waals surface area contributed by atoms with Crippen molar-refractivity contribution in [2.75, 3.05) is 12.8 Å². The third kappa shape index (κ3) is 3.89. The van der Waals surface area contributed by atoms with Crippen molar-refractivity contribution in [3.8, 4) is 5.75 Å². The van der Waals surface area contributed by atoms with Gasteiger partial charge in [-0.1, -0.05) is 23.7 Å². The van der Waals surface area contributed by atoms with Crippen LogP contribution in [0.5, 0.6) is 5.75 Å². The maximum absolute atomic E-state index is 12.2. The summed E-state index contributed by atoms with van der Waals surface area (Å²) in [5, 5.41) is 3.35. The lowest BCUT2D eigenvalue weighted by Crippen LogP contribution is -2.26. The summed E-state index contributed by atoms with van der Waals surface area (Å²) < 4.78 is 5.11. The number of halogens is 1. The Morgan fingerprint density at radius 2 is 1.90 bits per heavy atom. The molecule has 0 bridgehead atoms. The molecule has 2 aromatic carbocycles. The van der Waals surface area contributed by atoms with Crippen LogP contribution < -0.4 is 15.8 Å². The molecule has 0 aliphatic rings. The quantitative estimate of drug-likeness (QED) is 0.851. The van der Waals surface area contributed by atoms with Crippen molar-refractivity contribution in [1.82, 2.24) is 5.32 Å². The average molecular weight is 305 g/mol. The second-order valence-electron chi connectivity index (χ2n) is 4.74. The first-order valence-corrected chi connectivity index (χ1v) is 6.88. The first-order chi connectivity index (χ1) is 9.99. The normalized spacial score (nSPS) is 11.8. The minimum Gasteiger partial charge on any atom is -0.497 e. The lowest BCUT2D eigenvalue weighted by atomic mass is 10.1. The molecule has 0 radical (unpaired) electrons. The van der Waals surface area contributed by atoms with E-state index < -0.39 is 0 Å². The summed E-state index contributed by atoms with van der Waals surface area (Å²) >= 11 is 5.91. The highest BCUT2D eigenvalue weighted by Gasteiger charge is 2.12. The number of nitrogens with two attached hydrogens (primary N) is 1. The Kier molecular flexibility index (Phi) is 4.70. The van der Waals surface area contributed by atoms with Gasteiger partial charge in [-0.3, -0.25) is 4.79 Å². The van der Waals surface area contributed by atoms with Gasteiger partial charge in [-0.05, 0) is 42.8 Å². The van der Waals surface area contributed by atoms with Crippen LogP contribution in [0.25, 0.3) is 0 Å². The molecule has 0 saturated carbocycles. The second kappa shape index (κ2) is 6.50. The summed E-state index contributed by atoms with van der Waals surface area (Å²) in [6.07, 6.45) is 0. The second-order valence-corrected chi connectivity index (χ2v) is 5.18. The van der Waals surface area contributed by atoms with Gasteiger partial charge in [0.1, 0.15) is 5.75 Å². The number of nitrogens with one attached hydrogen (secondary N) is 1. The zero-order valence-electron chi connectivity index (χ0n) is 11.9. The molecule has 0 heterocycles. The molecule has 2 rings (SSSR count). The van der Waals surface area contributed by atoms with Crippen LogP contribution in [-0.4, -0.2) is 13.0 Å². The van der Waals surface area contributed by atoms with Crippen molar-refractivity contribution < 1.29 is 9.53 Å². The molecule has 1 atom stereocenters. The SMILES string of the molecule is COc1ccc(C(C)NC(=O)c2cc(N)cc(Cl)c2)cc1. The fourth-order valence-corrected chi connectivity index (χ4v) is 2.24. The van der Waals surface area contributed by atoms with Crippen LogP contribution in [-0.2, 0) is 0 Å². The third-order valence-corrected chi connectivity index (χ3v) is 3.36. The maximum Gasteiger partial charge on any atom is 0.251 e. The fraction of sp³-hybridized carbons (Fsp3) is 0.188. The van der Waals surface area contributed by atoms with Crippen LogP contribution in [0.1, 0.15) is 28.9 Å². The Morgan fingerprint density at radius 3 is 2.48 bits per heavy atom. The molecule has 110 valence electrons. The molecule has 0 spiro atoms. The molecule has 0 aliphatic carbocycles. The van der Waals surface area contributed by atoms with Crippen molar-refractivity contribution in [2.24, 2.45) is 0 Å². The fourth-order valence-electron chi connectivity index (χ4n) is 2.00. The minimum atomic E-state index is -0.215. The van der Waals surface area contributed by atoms with Crippen molar-refractivity contribution >= 4 is 23.2 Å². The molecule has 0 fully saturated rings. The van der Waals surface area contributed by atoms with Crippen molar-refractivity contribution in [1.29, 1.82) is 0 Å². The number of carbonyl (C=O) groups is 1. The lowest BCUT2D eigenvalue weighted by Gasteiger charge is -2.15. The van der Waals surface area contributed by atoms with E-state index in [0.29, 0.717) is 16.3 Å². The van der Waals surface area contributed by atoms with Crippen LogP contribution in [0, 0.1) is 0 Å². The average Bonchev–Trinajstić information content (AvgIpc) is 2.46. The predicted octanol–water partition coefficient (Wildman–Crippen LogP) is 3.42. The molecule has 3 N–H and O–H groups in total. The molecule has 0 saturated heterocycles. The zero-order valence-corrected chi connectivity index (χ0v) is 12.6. The van der Waals surface area contributed by atoms with Gasteiger partial charge in [-0.15, -0.1) is 0 Å². The maximum atomic E-state index is 12.2. The van der Waals surface area contributed by atoms with Crippen LogP contribution in [0.4, 0.5) is 5.69 Å². The van der Waals surface area contributed by atoms with Crippen molar-refractivity contribution in [3.63, 3.8) is 0 Å². The number of carbonyl (C=O) groups excluding carboxylic acids is 1. The number of hydrogen-bond acceptors (Lipinski definition) is 3. The number of amides is 1. The molecule has 2 aromatic rings. The van der Waals surface area contributed by atoms with E-state index in [9.17, 15) is 4.79 Å². The molecule has 4 nitrogen and oxygen atoms in total. The van der Waals surface area contributed by atoms with Crippen LogP contribution in [0.2, 0.25) is 5.02 Å². The molecule has 1 unspecified atom stereocenters.